The third kappa shape index (κ3) is 3.77. The van der Waals surface area contributed by atoms with Crippen LogP contribution in [0.5, 0.6) is 0 Å². The summed E-state index contributed by atoms with van der Waals surface area (Å²) in [7, 11) is 0. The Kier molecular flexibility index (Phi) is 5.23. The summed E-state index contributed by atoms with van der Waals surface area (Å²) < 4.78 is 6.36. The fourth-order valence-corrected chi connectivity index (χ4v) is 6.60. The Morgan fingerprint density at radius 2 is 1.02 bits per heavy atom. The first-order valence-corrected chi connectivity index (χ1v) is 14.6. The van der Waals surface area contributed by atoms with Crippen LogP contribution in [0.1, 0.15) is 0 Å². The average Bonchev–Trinajstić information content (AvgIpc) is 3.47. The Balaban J connectivity index is 1.24. The molecule has 2 heteroatoms. The molecule has 0 spiro atoms. The molecule has 2 heterocycles. The molecule has 43 heavy (non-hydrogen) atoms. The molecule has 0 radical (unpaired) electrons. The molecule has 7 aromatic carbocycles. The van der Waals surface area contributed by atoms with Crippen LogP contribution >= 0.6 is 0 Å². The number of hydrogen-bond acceptors (Lipinski definition) is 2. The van der Waals surface area contributed by atoms with Gasteiger partial charge in [0.2, 0.25) is 0 Å². The number of benzene rings is 7. The molecule has 2 aromatic heterocycles. The minimum Gasteiger partial charge on any atom is -0.455 e. The molecule has 9 rings (SSSR count). The van der Waals surface area contributed by atoms with Crippen LogP contribution in [0, 0.1) is 0 Å². The Morgan fingerprint density at radius 3 is 1.93 bits per heavy atom. The first-order valence-electron chi connectivity index (χ1n) is 14.6. The van der Waals surface area contributed by atoms with Crippen LogP contribution in [0.4, 0.5) is 0 Å². The van der Waals surface area contributed by atoms with Crippen molar-refractivity contribution in [3.8, 4) is 33.5 Å². The van der Waals surface area contributed by atoms with Crippen LogP contribution in [-0.2, 0) is 0 Å². The van der Waals surface area contributed by atoms with Crippen LogP contribution < -0.4 is 0 Å². The monoisotopic (exact) mass is 547 g/mol. The predicted molar refractivity (Wildman–Crippen MR) is 180 cm³/mol. The molecule has 0 aliphatic rings. The van der Waals surface area contributed by atoms with Gasteiger partial charge in [-0.25, -0.2) is 4.98 Å². The molecule has 200 valence electrons. The molecule has 0 unspecified atom stereocenters. The lowest BCUT2D eigenvalue weighted by molar-refractivity contribution is 0.670. The third-order valence-corrected chi connectivity index (χ3v) is 8.66. The predicted octanol–water partition coefficient (Wildman–Crippen LogP) is 11.4. The zero-order chi connectivity index (χ0) is 28.3. The SMILES string of the molecule is c1ccc(-c2ccc3c4ccccc4c4nc(-c5cccc(-c6cccc7c6oc6ccccc67)c5)ccc4c3c2)cc1. The van der Waals surface area contributed by atoms with Gasteiger partial charge >= 0.3 is 0 Å². The lowest BCUT2D eigenvalue weighted by atomic mass is 9.93. The van der Waals surface area contributed by atoms with E-state index in [0.717, 1.165) is 49.8 Å². The number of para-hydroxylation sites is 2. The van der Waals surface area contributed by atoms with E-state index in [-0.39, 0.29) is 0 Å². The molecule has 0 aliphatic carbocycles. The Labute approximate surface area is 248 Å². The van der Waals surface area contributed by atoms with Crippen molar-refractivity contribution < 1.29 is 4.42 Å². The molecule has 0 saturated carbocycles. The van der Waals surface area contributed by atoms with Crippen molar-refractivity contribution in [1.82, 2.24) is 4.98 Å². The van der Waals surface area contributed by atoms with Gasteiger partial charge in [-0.1, -0.05) is 121 Å². The number of rotatable bonds is 3. The summed E-state index contributed by atoms with van der Waals surface area (Å²) in [6.45, 7) is 0. The summed E-state index contributed by atoms with van der Waals surface area (Å²) in [5, 5.41) is 8.30. The molecule has 0 amide bonds. The molecule has 9 aromatic rings. The van der Waals surface area contributed by atoms with Crippen molar-refractivity contribution in [2.45, 2.75) is 0 Å². The number of nitrogens with zero attached hydrogens (tertiary/aromatic N) is 1. The second-order valence-electron chi connectivity index (χ2n) is 11.1. The maximum absolute atomic E-state index is 6.36. The van der Waals surface area contributed by atoms with Crippen molar-refractivity contribution in [3.63, 3.8) is 0 Å². The quantitative estimate of drug-likeness (QED) is 0.206. The normalized spacial score (nSPS) is 11.7. The maximum atomic E-state index is 6.36. The topological polar surface area (TPSA) is 26.0 Å². The lowest BCUT2D eigenvalue weighted by Crippen LogP contribution is -1.90. The number of aromatic nitrogens is 1. The summed E-state index contributed by atoms with van der Waals surface area (Å²) in [4.78, 5) is 5.33. The van der Waals surface area contributed by atoms with Crippen LogP contribution in [0.3, 0.4) is 0 Å². The van der Waals surface area contributed by atoms with Crippen molar-refractivity contribution in [1.29, 1.82) is 0 Å². The smallest absolute Gasteiger partial charge is 0.143 e. The zero-order valence-corrected chi connectivity index (χ0v) is 23.3. The van der Waals surface area contributed by atoms with E-state index in [1.54, 1.807) is 0 Å². The van der Waals surface area contributed by atoms with Gasteiger partial charge in [0.05, 0.1) is 11.2 Å². The summed E-state index contributed by atoms with van der Waals surface area (Å²) in [6.07, 6.45) is 0. The van der Waals surface area contributed by atoms with Crippen molar-refractivity contribution in [2.75, 3.05) is 0 Å². The van der Waals surface area contributed by atoms with Crippen LogP contribution in [0.15, 0.2) is 156 Å². The lowest BCUT2D eigenvalue weighted by Gasteiger charge is -2.13. The van der Waals surface area contributed by atoms with Gasteiger partial charge in [-0.05, 0) is 63.2 Å². The fraction of sp³-hybridized carbons (Fsp3) is 0. The molecule has 0 saturated heterocycles. The molecular weight excluding hydrogens is 522 g/mol. The second-order valence-corrected chi connectivity index (χ2v) is 11.1. The maximum Gasteiger partial charge on any atom is 0.143 e. The van der Waals surface area contributed by atoms with Gasteiger partial charge in [-0.2, -0.15) is 0 Å². The molecule has 0 fully saturated rings. The number of furan rings is 1. The highest BCUT2D eigenvalue weighted by Crippen LogP contribution is 2.39. The summed E-state index contributed by atoms with van der Waals surface area (Å²) in [5.74, 6) is 0. The zero-order valence-electron chi connectivity index (χ0n) is 23.3. The van der Waals surface area contributed by atoms with E-state index in [4.69, 9.17) is 9.40 Å². The summed E-state index contributed by atoms with van der Waals surface area (Å²) in [5.41, 5.74) is 9.50. The van der Waals surface area contributed by atoms with Gasteiger partial charge in [-0.15, -0.1) is 0 Å². The van der Waals surface area contributed by atoms with E-state index >= 15 is 0 Å². The van der Waals surface area contributed by atoms with Gasteiger partial charge in [0, 0.05) is 32.7 Å². The number of pyridine rings is 1. The Morgan fingerprint density at radius 1 is 0.372 bits per heavy atom. The van der Waals surface area contributed by atoms with E-state index in [1.165, 1.54) is 38.1 Å². The van der Waals surface area contributed by atoms with Gasteiger partial charge < -0.3 is 4.42 Å². The minimum absolute atomic E-state index is 0.909. The Bertz CT molecular complexity index is 2510. The third-order valence-electron chi connectivity index (χ3n) is 8.66. The second kappa shape index (κ2) is 9.40. The number of fused-ring (bicyclic) bond motifs is 9. The van der Waals surface area contributed by atoms with E-state index in [9.17, 15) is 0 Å². The average molecular weight is 548 g/mol. The van der Waals surface area contributed by atoms with E-state index in [1.807, 2.05) is 12.1 Å². The largest absolute Gasteiger partial charge is 0.455 e. The van der Waals surface area contributed by atoms with Crippen LogP contribution in [0.25, 0.3) is 87.9 Å². The van der Waals surface area contributed by atoms with E-state index < -0.39 is 0 Å². The van der Waals surface area contributed by atoms with Gasteiger partial charge in [0.25, 0.3) is 0 Å². The molecule has 0 atom stereocenters. The summed E-state index contributed by atoms with van der Waals surface area (Å²) >= 11 is 0. The Hall–Kier alpha value is -5.73. The minimum atomic E-state index is 0.909. The highest BCUT2D eigenvalue weighted by Gasteiger charge is 2.15. The van der Waals surface area contributed by atoms with Crippen molar-refractivity contribution >= 4 is 54.4 Å². The number of hydrogen-bond donors (Lipinski definition) is 0. The van der Waals surface area contributed by atoms with E-state index in [2.05, 4.69) is 140 Å². The van der Waals surface area contributed by atoms with Gasteiger partial charge in [0.1, 0.15) is 11.2 Å². The molecular formula is C41H25NO. The summed E-state index contributed by atoms with van der Waals surface area (Å²) in [6, 6.07) is 53.7. The highest BCUT2D eigenvalue weighted by molar-refractivity contribution is 6.25. The van der Waals surface area contributed by atoms with Crippen molar-refractivity contribution in [3.05, 3.63) is 152 Å². The van der Waals surface area contributed by atoms with Crippen LogP contribution in [-0.4, -0.2) is 4.98 Å². The van der Waals surface area contributed by atoms with Gasteiger partial charge in [-0.3, -0.25) is 0 Å². The van der Waals surface area contributed by atoms with Crippen molar-refractivity contribution in [2.24, 2.45) is 0 Å². The molecule has 2 nitrogen and oxygen atoms in total. The first-order chi connectivity index (χ1) is 21.3. The standard InChI is InChI=1S/C41H25NO/c1-2-10-26(11-3-1)27-20-21-32-31-14-4-5-16-34(31)40-35(37(32)25-27)22-23-38(42-40)29-13-8-12-28(24-29)30-17-9-18-36-33-15-6-7-19-39(33)43-41(30)36/h1-25H. The first kappa shape index (κ1) is 23.9. The van der Waals surface area contributed by atoms with Crippen LogP contribution in [0.2, 0.25) is 0 Å². The van der Waals surface area contributed by atoms with Gasteiger partial charge in [0.15, 0.2) is 0 Å². The van der Waals surface area contributed by atoms with E-state index in [0.29, 0.717) is 0 Å². The highest BCUT2D eigenvalue weighted by atomic mass is 16.3. The molecule has 0 aliphatic heterocycles. The fourth-order valence-electron chi connectivity index (χ4n) is 6.60. The molecule has 0 bridgehead atoms. The molecule has 0 N–H and O–H groups in total.